The van der Waals surface area contributed by atoms with E-state index >= 15 is 0 Å². The quantitative estimate of drug-likeness (QED) is 0.705. The number of hydrogen-bond donors (Lipinski definition) is 0. The summed E-state index contributed by atoms with van der Waals surface area (Å²) in [5.41, 5.74) is -2.65. The average Bonchev–Trinajstić information content (AvgIpc) is 3.02. The van der Waals surface area contributed by atoms with Crippen LogP contribution in [0.5, 0.6) is 0 Å². The van der Waals surface area contributed by atoms with Gasteiger partial charge in [0.05, 0.1) is 6.04 Å². The Morgan fingerprint density at radius 2 is 2.22 bits per heavy atom. The number of hydroxylamine groups is 2. The number of fused-ring (bicyclic) bond motifs is 3. The number of alkyl halides is 2. The van der Waals surface area contributed by atoms with Gasteiger partial charge in [-0.3, -0.25) is 4.90 Å². The maximum atomic E-state index is 15.0. The van der Waals surface area contributed by atoms with Gasteiger partial charge in [-0.2, -0.15) is 22.3 Å². The van der Waals surface area contributed by atoms with Crippen molar-refractivity contribution < 1.29 is 30.5 Å². The molecule has 121 valence electrons. The Hall–Kier alpha value is -0.370. The third-order valence-electron chi connectivity index (χ3n) is 4.00. The predicted molar refractivity (Wildman–Crippen MR) is 72.5 cm³/mol. The van der Waals surface area contributed by atoms with Gasteiger partial charge >= 0.3 is 22.4 Å². The SMILES string of the molecule is O=C1N2OS(=O)(=O)O[C@]3(C(F)(F)c4nccs4)CC[C@@H]2CN13.[Na]. The van der Waals surface area contributed by atoms with Gasteiger partial charge < -0.3 is 0 Å². The van der Waals surface area contributed by atoms with Crippen LogP contribution in [0.25, 0.3) is 0 Å². The first-order chi connectivity index (χ1) is 10.3. The van der Waals surface area contributed by atoms with Crippen molar-refractivity contribution in [2.24, 2.45) is 0 Å². The van der Waals surface area contributed by atoms with Crippen LogP contribution in [0.15, 0.2) is 11.6 Å². The molecule has 0 aliphatic carbocycles. The van der Waals surface area contributed by atoms with Gasteiger partial charge in [0.15, 0.2) is 5.01 Å². The van der Waals surface area contributed by atoms with Gasteiger partial charge in [0.2, 0.25) is 5.72 Å². The maximum absolute atomic E-state index is 15.0. The normalized spacial score (nSPS) is 31.9. The second-order valence-electron chi connectivity index (χ2n) is 5.17. The smallest absolute Gasteiger partial charge is 0.285 e. The van der Waals surface area contributed by atoms with E-state index in [-0.39, 0.29) is 48.9 Å². The molecule has 0 spiro atoms. The fraction of sp³-hybridized carbons (Fsp3) is 0.600. The Kier molecular flexibility index (Phi) is 4.03. The molecule has 3 aliphatic heterocycles. The molecule has 1 aromatic rings. The summed E-state index contributed by atoms with van der Waals surface area (Å²) in [6.45, 7) is -0.0880. The Morgan fingerprint density at radius 1 is 1.48 bits per heavy atom. The van der Waals surface area contributed by atoms with Gasteiger partial charge in [-0.1, -0.05) is 0 Å². The van der Waals surface area contributed by atoms with E-state index in [4.69, 9.17) is 4.18 Å². The van der Waals surface area contributed by atoms with Crippen LogP contribution in [0.1, 0.15) is 17.8 Å². The standard InChI is InChI=1S/C10H9F2N3O5S2.Na/c11-10(12,7-13-3-4-21-7)9-2-1-6-5-14(9)8(16)15(6)20-22(17,18)19-9;/h3-4,6H,1-2,5H2;/t6-,9+;/m1./s1. The zero-order valence-electron chi connectivity index (χ0n) is 11.8. The third kappa shape index (κ3) is 2.27. The van der Waals surface area contributed by atoms with Gasteiger partial charge in [0.25, 0.3) is 0 Å². The first kappa shape index (κ1) is 17.5. The van der Waals surface area contributed by atoms with Crippen LogP contribution in [0.4, 0.5) is 13.6 Å². The van der Waals surface area contributed by atoms with E-state index in [2.05, 4.69) is 9.27 Å². The molecule has 3 saturated heterocycles. The fourth-order valence-electron chi connectivity index (χ4n) is 3.03. The summed E-state index contributed by atoms with van der Waals surface area (Å²) in [7, 11) is -4.79. The zero-order chi connectivity index (χ0) is 15.8. The van der Waals surface area contributed by atoms with Crippen LogP contribution in [0, 0.1) is 0 Å². The van der Waals surface area contributed by atoms with E-state index in [0.717, 1.165) is 4.90 Å². The van der Waals surface area contributed by atoms with Crippen molar-refractivity contribution in [3.8, 4) is 0 Å². The molecule has 0 aromatic carbocycles. The first-order valence-electron chi connectivity index (χ1n) is 6.31. The van der Waals surface area contributed by atoms with E-state index < -0.39 is 39.1 Å². The summed E-state index contributed by atoms with van der Waals surface area (Å²) in [5, 5.41) is 1.32. The molecule has 23 heavy (non-hydrogen) atoms. The zero-order valence-corrected chi connectivity index (χ0v) is 15.4. The van der Waals surface area contributed by atoms with E-state index in [0.29, 0.717) is 16.4 Å². The van der Waals surface area contributed by atoms with Gasteiger partial charge in [0, 0.05) is 54.1 Å². The van der Waals surface area contributed by atoms with Crippen LogP contribution in [0.2, 0.25) is 0 Å². The molecule has 3 aliphatic rings. The number of rotatable bonds is 2. The van der Waals surface area contributed by atoms with Crippen molar-refractivity contribution in [1.82, 2.24) is 14.9 Å². The van der Waals surface area contributed by atoms with Crippen LogP contribution in [0.3, 0.4) is 0 Å². The van der Waals surface area contributed by atoms with Gasteiger partial charge in [-0.15, -0.1) is 15.6 Å². The Bertz CT molecular complexity index is 746. The molecule has 4 rings (SSSR count). The average molecular weight is 376 g/mol. The van der Waals surface area contributed by atoms with Crippen molar-refractivity contribution >= 4 is 57.3 Å². The number of nitrogens with zero attached hydrogens (tertiary/aromatic N) is 3. The number of aromatic nitrogens is 1. The minimum atomic E-state index is -4.79. The maximum Gasteiger partial charge on any atom is 0.423 e. The molecule has 2 atom stereocenters. The molecule has 3 bridgehead atoms. The number of urea groups is 1. The van der Waals surface area contributed by atoms with Crippen LogP contribution >= 0.6 is 11.3 Å². The van der Waals surface area contributed by atoms with Crippen molar-refractivity contribution in [3.63, 3.8) is 0 Å². The molecule has 0 saturated carbocycles. The summed E-state index contributed by atoms with van der Waals surface area (Å²) >= 11 is 0.661. The molecule has 3 fully saturated rings. The van der Waals surface area contributed by atoms with Crippen molar-refractivity contribution in [1.29, 1.82) is 0 Å². The second kappa shape index (κ2) is 5.31. The van der Waals surface area contributed by atoms with Crippen LogP contribution < -0.4 is 0 Å². The summed E-state index contributed by atoms with van der Waals surface area (Å²) in [5.74, 6) is -3.79. The molecule has 13 heteroatoms. The molecular formula is C10H9F2N3NaO5S2. The molecule has 1 aromatic heterocycles. The molecule has 0 N–H and O–H groups in total. The van der Waals surface area contributed by atoms with Crippen molar-refractivity contribution in [2.45, 2.75) is 30.5 Å². The number of carbonyl (C=O) groups excluding carboxylic acids is 1. The van der Waals surface area contributed by atoms with Crippen molar-refractivity contribution in [2.75, 3.05) is 6.54 Å². The predicted octanol–water partition coefficient (Wildman–Crippen LogP) is 0.657. The summed E-state index contributed by atoms with van der Waals surface area (Å²) < 4.78 is 62.8. The van der Waals surface area contributed by atoms with Gasteiger partial charge in [0.1, 0.15) is 0 Å². The Balaban J connectivity index is 0.00000156. The number of amides is 2. The molecule has 0 unspecified atom stereocenters. The Labute approximate surface area is 155 Å². The first-order valence-corrected chi connectivity index (χ1v) is 8.52. The number of thiazole rings is 1. The van der Waals surface area contributed by atoms with E-state index in [9.17, 15) is 22.0 Å². The molecular weight excluding hydrogens is 367 g/mol. The molecule has 2 amide bonds. The van der Waals surface area contributed by atoms with Crippen molar-refractivity contribution in [3.05, 3.63) is 16.6 Å². The number of carbonyl (C=O) groups is 1. The third-order valence-corrected chi connectivity index (χ3v) is 5.67. The topological polar surface area (TPSA) is 89.0 Å². The second-order valence-corrected chi connectivity index (χ2v) is 7.20. The van der Waals surface area contributed by atoms with Gasteiger partial charge in [-0.25, -0.2) is 14.0 Å². The minimum absolute atomic E-state index is 0. The monoisotopic (exact) mass is 376 g/mol. The van der Waals surface area contributed by atoms with E-state index in [1.54, 1.807) is 0 Å². The summed E-state index contributed by atoms with van der Waals surface area (Å²) in [6, 6.07) is -1.54. The summed E-state index contributed by atoms with van der Waals surface area (Å²) in [6.07, 6.45) is 0.976. The van der Waals surface area contributed by atoms with Gasteiger partial charge in [-0.05, 0) is 6.42 Å². The molecule has 4 heterocycles. The fourth-order valence-corrected chi connectivity index (χ4v) is 4.74. The summed E-state index contributed by atoms with van der Waals surface area (Å²) in [4.78, 5) is 16.5. The largest absolute Gasteiger partial charge is 0.423 e. The number of hydrogen-bond acceptors (Lipinski definition) is 7. The molecule has 8 nitrogen and oxygen atoms in total. The number of halogens is 2. The van der Waals surface area contributed by atoms with Crippen LogP contribution in [-0.4, -0.2) is 77.3 Å². The number of piperidine rings is 1. The molecule has 1 radical (unpaired) electrons. The minimum Gasteiger partial charge on any atom is -0.285 e. The van der Waals surface area contributed by atoms with E-state index in [1.165, 1.54) is 11.6 Å². The van der Waals surface area contributed by atoms with E-state index in [1.807, 2.05) is 0 Å². The Morgan fingerprint density at radius 3 is 2.87 bits per heavy atom. The van der Waals surface area contributed by atoms with Crippen LogP contribution in [-0.2, 0) is 24.8 Å².